The maximum atomic E-state index is 12.1. The summed E-state index contributed by atoms with van der Waals surface area (Å²) >= 11 is 0. The third-order valence-electron chi connectivity index (χ3n) is 4.08. The van der Waals surface area contributed by atoms with Gasteiger partial charge in [-0.3, -0.25) is 10.1 Å². The van der Waals surface area contributed by atoms with E-state index in [1.807, 2.05) is 30.3 Å². The second-order valence-corrected chi connectivity index (χ2v) is 8.27. The molecule has 2 aromatic carbocycles. The van der Waals surface area contributed by atoms with Gasteiger partial charge in [0.25, 0.3) is 0 Å². The highest BCUT2D eigenvalue weighted by atomic mass is 16.6. The van der Waals surface area contributed by atoms with Crippen molar-refractivity contribution in [3.63, 3.8) is 0 Å². The summed E-state index contributed by atoms with van der Waals surface area (Å²) in [6, 6.07) is 14.4. The molecular weight excluding hydrogens is 442 g/mol. The quantitative estimate of drug-likeness (QED) is 0.397. The number of rotatable bonds is 8. The van der Waals surface area contributed by atoms with E-state index in [2.05, 4.69) is 16.0 Å². The van der Waals surface area contributed by atoms with Crippen LogP contribution in [0, 0.1) is 0 Å². The molecule has 0 bridgehead atoms. The first kappa shape index (κ1) is 26.2. The van der Waals surface area contributed by atoms with Gasteiger partial charge in [-0.05, 0) is 57.5 Å². The van der Waals surface area contributed by atoms with Gasteiger partial charge in [0.05, 0.1) is 0 Å². The van der Waals surface area contributed by atoms with Crippen LogP contribution in [0.2, 0.25) is 0 Å². The SMILES string of the molecule is C[C@H](NC(=O)OC(C)(C)C)C(=O)NCC(=O)Oc1ccc(NC(=O)OCc2ccccc2)cc1. The fraction of sp³-hybridized carbons (Fsp3) is 0.333. The van der Waals surface area contributed by atoms with Crippen molar-refractivity contribution >= 4 is 29.8 Å². The minimum atomic E-state index is -0.908. The van der Waals surface area contributed by atoms with E-state index in [0.29, 0.717) is 5.69 Å². The molecule has 182 valence electrons. The van der Waals surface area contributed by atoms with Crippen LogP contribution in [0.15, 0.2) is 54.6 Å². The van der Waals surface area contributed by atoms with Crippen molar-refractivity contribution in [2.45, 2.75) is 45.9 Å². The van der Waals surface area contributed by atoms with Crippen LogP contribution in [0.25, 0.3) is 0 Å². The Kier molecular flexibility index (Phi) is 9.42. The van der Waals surface area contributed by atoms with Crippen LogP contribution in [-0.2, 0) is 25.7 Å². The lowest BCUT2D eigenvalue weighted by Crippen LogP contribution is -2.47. The summed E-state index contributed by atoms with van der Waals surface area (Å²) in [6.07, 6.45) is -1.36. The van der Waals surface area contributed by atoms with Gasteiger partial charge < -0.3 is 24.8 Å². The van der Waals surface area contributed by atoms with Crippen LogP contribution in [0.1, 0.15) is 33.3 Å². The molecule has 0 aliphatic carbocycles. The first-order valence-corrected chi connectivity index (χ1v) is 10.6. The second kappa shape index (κ2) is 12.2. The Morgan fingerprint density at radius 2 is 1.56 bits per heavy atom. The third kappa shape index (κ3) is 10.0. The first-order chi connectivity index (χ1) is 16.0. The van der Waals surface area contributed by atoms with Crippen molar-refractivity contribution in [3.05, 3.63) is 60.2 Å². The van der Waals surface area contributed by atoms with Crippen molar-refractivity contribution in [1.29, 1.82) is 0 Å². The molecule has 0 aliphatic heterocycles. The normalized spacial score (nSPS) is 11.5. The number of hydrogen-bond donors (Lipinski definition) is 3. The number of anilines is 1. The molecule has 3 N–H and O–H groups in total. The molecule has 34 heavy (non-hydrogen) atoms. The zero-order chi connectivity index (χ0) is 25.1. The van der Waals surface area contributed by atoms with E-state index in [-0.39, 0.29) is 12.4 Å². The maximum Gasteiger partial charge on any atom is 0.411 e. The van der Waals surface area contributed by atoms with Crippen LogP contribution in [0.5, 0.6) is 5.75 Å². The van der Waals surface area contributed by atoms with Gasteiger partial charge in [-0.25, -0.2) is 14.4 Å². The first-order valence-electron chi connectivity index (χ1n) is 10.6. The molecule has 10 nitrogen and oxygen atoms in total. The highest BCUT2D eigenvalue weighted by Crippen LogP contribution is 2.16. The Balaban J connectivity index is 1.72. The number of ether oxygens (including phenoxy) is 3. The van der Waals surface area contributed by atoms with Gasteiger partial charge in [-0.1, -0.05) is 30.3 Å². The highest BCUT2D eigenvalue weighted by molar-refractivity contribution is 5.88. The molecule has 0 saturated carbocycles. The minimum Gasteiger partial charge on any atom is -0.444 e. The summed E-state index contributed by atoms with van der Waals surface area (Å²) in [5.74, 6) is -1.06. The molecule has 0 heterocycles. The minimum absolute atomic E-state index is 0.139. The van der Waals surface area contributed by atoms with Crippen LogP contribution < -0.4 is 20.7 Å². The molecular formula is C24H29N3O7. The van der Waals surface area contributed by atoms with Crippen molar-refractivity contribution in [3.8, 4) is 5.75 Å². The lowest BCUT2D eigenvalue weighted by molar-refractivity contribution is -0.135. The van der Waals surface area contributed by atoms with Crippen molar-refractivity contribution < 1.29 is 33.4 Å². The Labute approximate surface area is 198 Å². The largest absolute Gasteiger partial charge is 0.444 e. The summed E-state index contributed by atoms with van der Waals surface area (Å²) in [4.78, 5) is 47.6. The van der Waals surface area contributed by atoms with E-state index in [9.17, 15) is 19.2 Å². The summed E-state index contributed by atoms with van der Waals surface area (Å²) in [6.45, 7) is 6.31. The third-order valence-corrected chi connectivity index (χ3v) is 4.08. The van der Waals surface area contributed by atoms with Crippen LogP contribution in [0.3, 0.4) is 0 Å². The van der Waals surface area contributed by atoms with E-state index in [0.717, 1.165) is 5.56 Å². The molecule has 0 aromatic heterocycles. The monoisotopic (exact) mass is 471 g/mol. The van der Waals surface area contributed by atoms with Crippen molar-refractivity contribution in [1.82, 2.24) is 10.6 Å². The summed E-state index contributed by atoms with van der Waals surface area (Å²) in [5, 5.41) is 7.33. The van der Waals surface area contributed by atoms with Gasteiger partial charge in [-0.15, -0.1) is 0 Å². The maximum absolute atomic E-state index is 12.1. The number of esters is 1. The Bertz CT molecular complexity index is 986. The van der Waals surface area contributed by atoms with Crippen LogP contribution in [-0.4, -0.2) is 42.3 Å². The molecule has 0 saturated heterocycles. The number of nitrogens with one attached hydrogen (secondary N) is 3. The molecule has 0 spiro atoms. The standard InChI is InChI=1S/C24H29N3O7/c1-16(26-23(31)34-24(2,3)4)21(29)25-14-20(28)33-19-12-10-18(11-13-19)27-22(30)32-15-17-8-6-5-7-9-17/h5-13,16H,14-15H2,1-4H3,(H,25,29)(H,26,31)(H,27,30)/t16-/m0/s1. The summed E-state index contributed by atoms with van der Waals surface area (Å²) in [5.41, 5.74) is 0.618. The summed E-state index contributed by atoms with van der Waals surface area (Å²) < 4.78 is 15.4. The van der Waals surface area contributed by atoms with Gasteiger partial charge in [0.1, 0.15) is 30.5 Å². The average molecular weight is 472 g/mol. The van der Waals surface area contributed by atoms with Crippen molar-refractivity contribution in [2.75, 3.05) is 11.9 Å². The number of amides is 3. The van der Waals surface area contributed by atoms with E-state index >= 15 is 0 Å². The lowest BCUT2D eigenvalue weighted by Gasteiger charge is -2.21. The topological polar surface area (TPSA) is 132 Å². The molecule has 0 fully saturated rings. The molecule has 0 radical (unpaired) electrons. The van der Waals surface area contributed by atoms with Gasteiger partial charge >= 0.3 is 18.2 Å². The Hall–Kier alpha value is -4.08. The number of carbonyl (C=O) groups is 4. The van der Waals surface area contributed by atoms with E-state index in [4.69, 9.17) is 14.2 Å². The fourth-order valence-electron chi connectivity index (χ4n) is 2.51. The highest BCUT2D eigenvalue weighted by Gasteiger charge is 2.21. The molecule has 0 unspecified atom stereocenters. The van der Waals surface area contributed by atoms with Gasteiger partial charge in [0, 0.05) is 5.69 Å². The van der Waals surface area contributed by atoms with E-state index in [1.165, 1.54) is 31.2 Å². The van der Waals surface area contributed by atoms with E-state index in [1.54, 1.807) is 20.8 Å². The lowest BCUT2D eigenvalue weighted by atomic mass is 10.2. The average Bonchev–Trinajstić information content (AvgIpc) is 2.76. The van der Waals surface area contributed by atoms with Gasteiger partial charge in [-0.2, -0.15) is 0 Å². The molecule has 0 aliphatic rings. The van der Waals surface area contributed by atoms with Gasteiger partial charge in [0.2, 0.25) is 5.91 Å². The number of alkyl carbamates (subject to hydrolysis) is 1. The smallest absolute Gasteiger partial charge is 0.411 e. The molecule has 2 rings (SSSR count). The zero-order valence-electron chi connectivity index (χ0n) is 19.5. The molecule has 2 aromatic rings. The second-order valence-electron chi connectivity index (χ2n) is 8.27. The predicted octanol–water partition coefficient (Wildman–Crippen LogP) is 3.37. The molecule has 3 amide bonds. The van der Waals surface area contributed by atoms with Crippen molar-refractivity contribution in [2.24, 2.45) is 0 Å². The molecule has 1 atom stereocenters. The Morgan fingerprint density at radius 1 is 0.912 bits per heavy atom. The summed E-state index contributed by atoms with van der Waals surface area (Å²) in [7, 11) is 0. The Morgan fingerprint density at radius 3 is 2.18 bits per heavy atom. The molecule has 10 heteroatoms. The number of carbonyl (C=O) groups excluding carboxylic acids is 4. The zero-order valence-corrected chi connectivity index (χ0v) is 19.5. The van der Waals surface area contributed by atoms with Crippen LogP contribution in [0.4, 0.5) is 15.3 Å². The van der Waals surface area contributed by atoms with Gasteiger partial charge in [0.15, 0.2) is 0 Å². The van der Waals surface area contributed by atoms with E-state index < -0.39 is 42.3 Å². The fourth-order valence-corrected chi connectivity index (χ4v) is 2.51. The number of hydrogen-bond acceptors (Lipinski definition) is 7. The van der Waals surface area contributed by atoms with Crippen LogP contribution >= 0.6 is 0 Å². The predicted molar refractivity (Wildman–Crippen MR) is 124 cm³/mol. The number of benzene rings is 2.